The lowest BCUT2D eigenvalue weighted by Gasteiger charge is -2.13. The van der Waals surface area contributed by atoms with Crippen LogP contribution in [0, 0.1) is 19.8 Å². The van der Waals surface area contributed by atoms with E-state index in [0.29, 0.717) is 23.3 Å². The Hall–Kier alpha value is -2.18. The van der Waals surface area contributed by atoms with Crippen LogP contribution < -0.4 is 5.32 Å². The number of amides is 1. The summed E-state index contributed by atoms with van der Waals surface area (Å²) >= 11 is 0. The zero-order chi connectivity index (χ0) is 17.3. The summed E-state index contributed by atoms with van der Waals surface area (Å²) in [4.78, 5) is 12.6. The lowest BCUT2D eigenvalue weighted by atomic mass is 10.0. The molecule has 3 rings (SSSR count). The Morgan fingerprint density at radius 1 is 1.29 bits per heavy atom. The van der Waals surface area contributed by atoms with Gasteiger partial charge in [-0.2, -0.15) is 5.10 Å². The number of hydrogen-bond acceptors (Lipinski definition) is 5. The van der Waals surface area contributed by atoms with Crippen molar-refractivity contribution in [1.29, 1.82) is 0 Å². The topological polar surface area (TPSA) is 85.8 Å². The van der Waals surface area contributed by atoms with E-state index in [9.17, 15) is 4.79 Å². The van der Waals surface area contributed by atoms with Crippen LogP contribution in [0.25, 0.3) is 0 Å². The van der Waals surface area contributed by atoms with Gasteiger partial charge in [0.15, 0.2) is 0 Å². The molecule has 130 valence electrons. The maximum absolute atomic E-state index is 12.6. The number of aromatic nitrogens is 4. The van der Waals surface area contributed by atoms with Gasteiger partial charge in [0.25, 0.3) is 5.91 Å². The van der Waals surface area contributed by atoms with E-state index in [1.807, 2.05) is 27.8 Å². The predicted molar refractivity (Wildman–Crippen MR) is 88.7 cm³/mol. The molecule has 1 N–H and O–H groups in total. The van der Waals surface area contributed by atoms with Crippen LogP contribution in [-0.2, 0) is 19.9 Å². The molecule has 7 nitrogen and oxygen atoms in total. The Bertz CT molecular complexity index is 733. The van der Waals surface area contributed by atoms with Gasteiger partial charge in [-0.3, -0.25) is 9.48 Å². The molecule has 0 spiro atoms. The monoisotopic (exact) mass is 331 g/mol. The number of nitrogens with one attached hydrogen (secondary N) is 1. The molecule has 1 aliphatic rings. The average Bonchev–Trinajstić information content (AvgIpc) is 3.22. The summed E-state index contributed by atoms with van der Waals surface area (Å²) in [6, 6.07) is 0.204. The summed E-state index contributed by atoms with van der Waals surface area (Å²) in [5, 5.41) is 15.6. The van der Waals surface area contributed by atoms with E-state index >= 15 is 0 Å². The molecule has 2 heterocycles. The van der Waals surface area contributed by atoms with Gasteiger partial charge in [0.05, 0.1) is 11.3 Å². The van der Waals surface area contributed by atoms with Crippen molar-refractivity contribution in [3.8, 4) is 0 Å². The van der Waals surface area contributed by atoms with Crippen molar-refractivity contribution in [1.82, 2.24) is 25.3 Å². The van der Waals surface area contributed by atoms with Crippen LogP contribution in [0.5, 0.6) is 0 Å². The van der Waals surface area contributed by atoms with Crippen LogP contribution in [0.3, 0.4) is 0 Å². The van der Waals surface area contributed by atoms with Gasteiger partial charge in [0, 0.05) is 31.6 Å². The summed E-state index contributed by atoms with van der Waals surface area (Å²) in [6.45, 7) is 5.80. The molecule has 0 saturated heterocycles. The van der Waals surface area contributed by atoms with Crippen molar-refractivity contribution >= 4 is 5.91 Å². The van der Waals surface area contributed by atoms with E-state index in [1.165, 1.54) is 0 Å². The number of hydrogen-bond donors (Lipinski definition) is 1. The molecular weight excluding hydrogens is 306 g/mol. The minimum Gasteiger partial charge on any atom is -0.425 e. The van der Waals surface area contributed by atoms with E-state index in [-0.39, 0.29) is 11.9 Å². The Labute approximate surface area is 141 Å². The molecule has 0 aromatic carbocycles. The first-order valence-corrected chi connectivity index (χ1v) is 8.60. The SMILES string of the molecule is CCc1nnc(C[C@@H]2CC[C@H](NC(=O)c3c(C)nn(C)c3C)C2)o1. The smallest absolute Gasteiger partial charge is 0.255 e. The van der Waals surface area contributed by atoms with Gasteiger partial charge in [-0.1, -0.05) is 6.92 Å². The molecular formula is C17H25N5O2. The van der Waals surface area contributed by atoms with Crippen LogP contribution in [0.4, 0.5) is 0 Å². The van der Waals surface area contributed by atoms with E-state index in [1.54, 1.807) is 4.68 Å². The highest BCUT2D eigenvalue weighted by molar-refractivity contribution is 5.96. The Morgan fingerprint density at radius 3 is 2.67 bits per heavy atom. The normalized spacial score (nSPS) is 20.5. The minimum atomic E-state index is -0.0187. The van der Waals surface area contributed by atoms with Gasteiger partial charge in [-0.25, -0.2) is 0 Å². The number of nitrogens with zero attached hydrogens (tertiary/aromatic N) is 4. The van der Waals surface area contributed by atoms with Crippen molar-refractivity contribution in [2.75, 3.05) is 0 Å². The van der Waals surface area contributed by atoms with E-state index in [2.05, 4.69) is 20.6 Å². The fourth-order valence-corrected chi connectivity index (χ4v) is 3.51. The van der Waals surface area contributed by atoms with Gasteiger partial charge >= 0.3 is 0 Å². The molecule has 1 saturated carbocycles. The summed E-state index contributed by atoms with van der Waals surface area (Å²) in [5.41, 5.74) is 2.38. The summed E-state index contributed by atoms with van der Waals surface area (Å²) in [5.74, 6) is 1.87. The van der Waals surface area contributed by atoms with Crippen molar-refractivity contribution in [2.45, 2.75) is 58.9 Å². The maximum atomic E-state index is 12.6. The standard InChI is InChI=1S/C17H25N5O2/c1-5-14-19-20-15(24-14)9-12-6-7-13(8-12)18-17(23)16-10(2)21-22(4)11(16)3/h12-13H,5-9H2,1-4H3,(H,18,23)/t12-,13+/m1/s1. The quantitative estimate of drug-likeness (QED) is 0.907. The van der Waals surface area contributed by atoms with Crippen LogP contribution in [0.1, 0.15) is 59.7 Å². The molecule has 0 bridgehead atoms. The van der Waals surface area contributed by atoms with Crippen LogP contribution in [-0.4, -0.2) is 31.9 Å². The van der Waals surface area contributed by atoms with Crippen molar-refractivity contribution < 1.29 is 9.21 Å². The second kappa shape index (κ2) is 6.75. The molecule has 2 aromatic rings. The fourth-order valence-electron chi connectivity index (χ4n) is 3.51. The Kier molecular flexibility index (Phi) is 4.69. The lowest BCUT2D eigenvalue weighted by molar-refractivity contribution is 0.0936. The fraction of sp³-hybridized carbons (Fsp3) is 0.647. The first-order valence-electron chi connectivity index (χ1n) is 8.60. The summed E-state index contributed by atoms with van der Waals surface area (Å²) < 4.78 is 7.35. The van der Waals surface area contributed by atoms with Crippen LogP contribution in [0.2, 0.25) is 0 Å². The molecule has 0 unspecified atom stereocenters. The van der Waals surface area contributed by atoms with Gasteiger partial charge in [-0.05, 0) is 39.0 Å². The van der Waals surface area contributed by atoms with Crippen molar-refractivity contribution in [3.05, 3.63) is 28.7 Å². The predicted octanol–water partition coefficient (Wildman–Crippen LogP) is 2.12. The molecule has 7 heteroatoms. The Balaban J connectivity index is 1.57. The molecule has 1 amide bonds. The third-order valence-electron chi connectivity index (χ3n) is 4.89. The van der Waals surface area contributed by atoms with E-state index < -0.39 is 0 Å². The van der Waals surface area contributed by atoms with E-state index in [4.69, 9.17) is 4.42 Å². The van der Waals surface area contributed by atoms with Gasteiger partial charge in [0.1, 0.15) is 0 Å². The van der Waals surface area contributed by atoms with Crippen molar-refractivity contribution in [3.63, 3.8) is 0 Å². The molecule has 1 fully saturated rings. The van der Waals surface area contributed by atoms with Crippen molar-refractivity contribution in [2.24, 2.45) is 13.0 Å². The first kappa shape index (κ1) is 16.7. The minimum absolute atomic E-state index is 0.0187. The molecule has 0 aliphatic heterocycles. The zero-order valence-electron chi connectivity index (χ0n) is 14.8. The molecule has 1 aliphatic carbocycles. The second-order valence-electron chi connectivity index (χ2n) is 6.67. The average molecular weight is 331 g/mol. The highest BCUT2D eigenvalue weighted by Crippen LogP contribution is 2.29. The van der Waals surface area contributed by atoms with Gasteiger partial charge < -0.3 is 9.73 Å². The van der Waals surface area contributed by atoms with Crippen LogP contribution >= 0.6 is 0 Å². The number of aryl methyl sites for hydroxylation is 3. The summed E-state index contributed by atoms with van der Waals surface area (Å²) in [7, 11) is 1.86. The summed E-state index contributed by atoms with van der Waals surface area (Å²) in [6.07, 6.45) is 4.57. The second-order valence-corrected chi connectivity index (χ2v) is 6.67. The lowest BCUT2D eigenvalue weighted by Crippen LogP contribution is -2.33. The maximum Gasteiger partial charge on any atom is 0.255 e. The first-order chi connectivity index (χ1) is 11.5. The number of carbonyl (C=O) groups excluding carboxylic acids is 1. The van der Waals surface area contributed by atoms with Gasteiger partial charge in [-0.15, -0.1) is 10.2 Å². The molecule has 24 heavy (non-hydrogen) atoms. The number of rotatable bonds is 5. The molecule has 2 aromatic heterocycles. The number of carbonyl (C=O) groups is 1. The van der Waals surface area contributed by atoms with Crippen LogP contribution in [0.15, 0.2) is 4.42 Å². The molecule has 2 atom stereocenters. The molecule has 0 radical (unpaired) electrons. The Morgan fingerprint density at radius 2 is 2.04 bits per heavy atom. The van der Waals surface area contributed by atoms with E-state index in [0.717, 1.165) is 43.5 Å². The highest BCUT2D eigenvalue weighted by atomic mass is 16.4. The highest BCUT2D eigenvalue weighted by Gasteiger charge is 2.29. The zero-order valence-corrected chi connectivity index (χ0v) is 14.8. The van der Waals surface area contributed by atoms with Gasteiger partial charge in [0.2, 0.25) is 11.8 Å². The third kappa shape index (κ3) is 3.34. The third-order valence-corrected chi connectivity index (χ3v) is 4.89. The largest absolute Gasteiger partial charge is 0.425 e.